The van der Waals surface area contributed by atoms with Crippen LogP contribution in [0.25, 0.3) is 0 Å². The number of aromatic nitrogens is 1. The number of aliphatic hydroxyl groups is 1. The standard InChI is InChI=1S/C11H20N2OS/c1-5-13(7-11(3,4)14)6-10-9(2)12-8-15-10/h8,14H,5-7H2,1-4H3. The zero-order valence-corrected chi connectivity index (χ0v) is 10.8. The van der Waals surface area contributed by atoms with Crippen molar-refractivity contribution in [3.05, 3.63) is 16.1 Å². The maximum absolute atomic E-state index is 9.76. The van der Waals surface area contributed by atoms with Gasteiger partial charge in [-0.05, 0) is 27.3 Å². The van der Waals surface area contributed by atoms with Crippen molar-refractivity contribution in [3.8, 4) is 0 Å². The lowest BCUT2D eigenvalue weighted by atomic mass is 10.1. The fourth-order valence-electron chi connectivity index (χ4n) is 1.51. The number of hydrogen-bond donors (Lipinski definition) is 1. The van der Waals surface area contributed by atoms with Crippen LogP contribution in [-0.4, -0.2) is 33.7 Å². The third kappa shape index (κ3) is 4.28. The van der Waals surface area contributed by atoms with E-state index in [1.165, 1.54) is 4.88 Å². The Morgan fingerprint density at radius 2 is 2.20 bits per heavy atom. The Hall–Kier alpha value is -0.450. The number of likely N-dealkylation sites (N-methyl/N-ethyl adjacent to an activating group) is 1. The highest BCUT2D eigenvalue weighted by Crippen LogP contribution is 2.16. The second-order valence-electron chi connectivity index (χ2n) is 4.48. The summed E-state index contributed by atoms with van der Waals surface area (Å²) in [5, 5.41) is 9.76. The van der Waals surface area contributed by atoms with Crippen molar-refractivity contribution in [3.63, 3.8) is 0 Å². The summed E-state index contributed by atoms with van der Waals surface area (Å²) < 4.78 is 0. The summed E-state index contributed by atoms with van der Waals surface area (Å²) in [6.45, 7) is 10.4. The normalized spacial score (nSPS) is 12.4. The van der Waals surface area contributed by atoms with Crippen molar-refractivity contribution < 1.29 is 5.11 Å². The van der Waals surface area contributed by atoms with Gasteiger partial charge in [0.05, 0.1) is 16.8 Å². The maximum atomic E-state index is 9.76. The van der Waals surface area contributed by atoms with Crippen molar-refractivity contribution in [2.24, 2.45) is 0 Å². The molecule has 1 rings (SSSR count). The van der Waals surface area contributed by atoms with Crippen molar-refractivity contribution in [2.75, 3.05) is 13.1 Å². The molecule has 0 fully saturated rings. The van der Waals surface area contributed by atoms with Crippen LogP contribution in [0, 0.1) is 6.92 Å². The topological polar surface area (TPSA) is 36.4 Å². The van der Waals surface area contributed by atoms with Crippen LogP contribution >= 0.6 is 11.3 Å². The van der Waals surface area contributed by atoms with E-state index >= 15 is 0 Å². The zero-order valence-electron chi connectivity index (χ0n) is 9.95. The Bertz CT molecular complexity index is 304. The average Bonchev–Trinajstić information content (AvgIpc) is 2.48. The average molecular weight is 228 g/mol. The predicted molar refractivity (Wildman–Crippen MR) is 64.1 cm³/mol. The van der Waals surface area contributed by atoms with Gasteiger partial charge in [-0.1, -0.05) is 6.92 Å². The first-order valence-corrected chi connectivity index (χ1v) is 6.14. The monoisotopic (exact) mass is 228 g/mol. The first-order valence-electron chi connectivity index (χ1n) is 5.26. The molecule has 0 unspecified atom stereocenters. The summed E-state index contributed by atoms with van der Waals surface area (Å²) in [4.78, 5) is 7.76. The molecule has 86 valence electrons. The SMILES string of the molecule is CCN(Cc1scnc1C)CC(C)(C)O. The molecule has 1 heterocycles. The highest BCUT2D eigenvalue weighted by atomic mass is 32.1. The largest absolute Gasteiger partial charge is 0.389 e. The molecule has 3 nitrogen and oxygen atoms in total. The molecule has 4 heteroatoms. The molecule has 0 aromatic carbocycles. The Morgan fingerprint density at radius 3 is 2.60 bits per heavy atom. The summed E-state index contributed by atoms with van der Waals surface area (Å²) in [5.41, 5.74) is 2.35. The molecule has 0 atom stereocenters. The van der Waals surface area contributed by atoms with Gasteiger partial charge in [0, 0.05) is 18.0 Å². The van der Waals surface area contributed by atoms with E-state index in [0.29, 0.717) is 6.54 Å². The van der Waals surface area contributed by atoms with Crippen LogP contribution in [0.4, 0.5) is 0 Å². The Labute approximate surface area is 95.8 Å². The van der Waals surface area contributed by atoms with E-state index < -0.39 is 5.60 Å². The first-order chi connectivity index (χ1) is 6.92. The lowest BCUT2D eigenvalue weighted by Crippen LogP contribution is -2.38. The van der Waals surface area contributed by atoms with Gasteiger partial charge in [-0.2, -0.15) is 0 Å². The number of rotatable bonds is 5. The molecule has 1 aromatic heterocycles. The predicted octanol–water partition coefficient (Wildman–Crippen LogP) is 2.04. The van der Waals surface area contributed by atoms with Crippen LogP contribution in [0.15, 0.2) is 5.51 Å². The molecule has 0 amide bonds. The molecule has 0 bridgehead atoms. The second kappa shape index (κ2) is 5.05. The van der Waals surface area contributed by atoms with Crippen LogP contribution in [0.1, 0.15) is 31.3 Å². The smallest absolute Gasteiger partial charge is 0.0798 e. The Kier molecular flexibility index (Phi) is 4.25. The molecule has 1 N–H and O–H groups in total. The van der Waals surface area contributed by atoms with Gasteiger partial charge < -0.3 is 5.11 Å². The van der Waals surface area contributed by atoms with E-state index in [1.54, 1.807) is 11.3 Å². The molecule has 0 radical (unpaired) electrons. The lowest BCUT2D eigenvalue weighted by Gasteiger charge is -2.27. The summed E-state index contributed by atoms with van der Waals surface area (Å²) in [7, 11) is 0. The molecule has 0 aliphatic heterocycles. The summed E-state index contributed by atoms with van der Waals surface area (Å²) >= 11 is 1.68. The van der Waals surface area contributed by atoms with Crippen molar-refractivity contribution in [1.29, 1.82) is 0 Å². The number of thiazole rings is 1. The molecule has 0 spiro atoms. The number of nitrogens with zero attached hydrogens (tertiary/aromatic N) is 2. The minimum absolute atomic E-state index is 0.630. The van der Waals surface area contributed by atoms with Gasteiger partial charge in [-0.3, -0.25) is 4.90 Å². The first kappa shape index (κ1) is 12.6. The molecule has 0 aliphatic carbocycles. The van der Waals surface area contributed by atoms with Crippen LogP contribution in [-0.2, 0) is 6.54 Å². The molecular formula is C11H20N2OS. The van der Waals surface area contributed by atoms with Gasteiger partial charge in [0.15, 0.2) is 0 Å². The quantitative estimate of drug-likeness (QED) is 0.838. The van der Waals surface area contributed by atoms with E-state index in [0.717, 1.165) is 18.8 Å². The Morgan fingerprint density at radius 1 is 1.53 bits per heavy atom. The summed E-state index contributed by atoms with van der Waals surface area (Å²) in [6, 6.07) is 0. The number of hydrogen-bond acceptors (Lipinski definition) is 4. The van der Waals surface area contributed by atoms with Crippen molar-refractivity contribution >= 4 is 11.3 Å². The lowest BCUT2D eigenvalue weighted by molar-refractivity contribution is 0.0356. The maximum Gasteiger partial charge on any atom is 0.0798 e. The Balaban J connectivity index is 2.58. The molecular weight excluding hydrogens is 208 g/mol. The van der Waals surface area contributed by atoms with E-state index in [-0.39, 0.29) is 0 Å². The van der Waals surface area contributed by atoms with E-state index in [2.05, 4.69) is 16.8 Å². The third-order valence-corrected chi connectivity index (χ3v) is 3.19. The van der Waals surface area contributed by atoms with Gasteiger partial charge in [0.25, 0.3) is 0 Å². The van der Waals surface area contributed by atoms with E-state index in [9.17, 15) is 5.11 Å². The second-order valence-corrected chi connectivity index (χ2v) is 5.42. The zero-order chi connectivity index (χ0) is 11.5. The van der Waals surface area contributed by atoms with Crippen LogP contribution in [0.3, 0.4) is 0 Å². The van der Waals surface area contributed by atoms with Gasteiger partial charge in [-0.25, -0.2) is 4.98 Å². The highest BCUT2D eigenvalue weighted by molar-refractivity contribution is 7.09. The van der Waals surface area contributed by atoms with Crippen molar-refractivity contribution in [2.45, 2.75) is 39.8 Å². The number of aryl methyl sites for hydroxylation is 1. The van der Waals surface area contributed by atoms with Crippen LogP contribution in [0.2, 0.25) is 0 Å². The molecule has 0 saturated heterocycles. The highest BCUT2D eigenvalue weighted by Gasteiger charge is 2.18. The minimum atomic E-state index is -0.630. The van der Waals surface area contributed by atoms with Gasteiger partial charge >= 0.3 is 0 Å². The van der Waals surface area contributed by atoms with E-state index in [4.69, 9.17) is 0 Å². The van der Waals surface area contributed by atoms with Crippen LogP contribution in [0.5, 0.6) is 0 Å². The van der Waals surface area contributed by atoms with Gasteiger partial charge in [0.1, 0.15) is 0 Å². The van der Waals surface area contributed by atoms with E-state index in [1.807, 2.05) is 26.3 Å². The molecule has 0 saturated carbocycles. The summed E-state index contributed by atoms with van der Waals surface area (Å²) in [5.74, 6) is 0. The third-order valence-electron chi connectivity index (χ3n) is 2.27. The summed E-state index contributed by atoms with van der Waals surface area (Å²) in [6.07, 6.45) is 0. The molecule has 15 heavy (non-hydrogen) atoms. The fourth-order valence-corrected chi connectivity index (χ4v) is 2.33. The minimum Gasteiger partial charge on any atom is -0.389 e. The van der Waals surface area contributed by atoms with Gasteiger partial charge in [0.2, 0.25) is 0 Å². The van der Waals surface area contributed by atoms with Crippen LogP contribution < -0.4 is 0 Å². The molecule has 0 aliphatic rings. The van der Waals surface area contributed by atoms with Crippen molar-refractivity contribution in [1.82, 2.24) is 9.88 Å². The molecule has 1 aromatic rings. The van der Waals surface area contributed by atoms with Gasteiger partial charge in [-0.15, -0.1) is 11.3 Å². The fraction of sp³-hybridized carbons (Fsp3) is 0.727.